The van der Waals surface area contributed by atoms with Crippen LogP contribution in [0.1, 0.15) is 68.7 Å². The van der Waals surface area contributed by atoms with Crippen LogP contribution in [0.3, 0.4) is 0 Å². The number of ether oxygens (including phenoxy) is 1. The van der Waals surface area contributed by atoms with Gasteiger partial charge in [-0.05, 0) is 20.3 Å². The van der Waals surface area contributed by atoms with Gasteiger partial charge in [0, 0.05) is 37.8 Å². The molecular weight excluding hydrogens is 738 g/mol. The predicted octanol–water partition coefficient (Wildman–Crippen LogP) is -1.22. The minimum Gasteiger partial charge on any atom is -0.507 e. The third kappa shape index (κ3) is 47.9. The topological polar surface area (TPSA) is 242 Å². The number of aliphatic carboxylic acids is 2. The molecule has 0 aromatic rings. The van der Waals surface area contributed by atoms with Crippen molar-refractivity contribution in [2.45, 2.75) is 93.0 Å². The summed E-state index contributed by atoms with van der Waals surface area (Å²) in [6.45, 7) is 36.0. The van der Waals surface area contributed by atoms with Crippen LogP contribution in [-0.2, 0) is 14.3 Å². The van der Waals surface area contributed by atoms with Gasteiger partial charge in [0.25, 0.3) is 0 Å². The van der Waals surface area contributed by atoms with Crippen molar-refractivity contribution in [3.05, 3.63) is 24.7 Å². The van der Waals surface area contributed by atoms with Gasteiger partial charge in [-0.25, -0.2) is 9.59 Å². The van der Waals surface area contributed by atoms with E-state index >= 15 is 0 Å². The Labute approximate surface area is 346 Å². The van der Waals surface area contributed by atoms with Crippen LogP contribution in [0.25, 0.3) is 0 Å². The zero-order chi connectivity index (χ0) is 44.9. The average molecular weight is 830 g/mol. The quantitative estimate of drug-likeness (QED) is 0.0217. The molecule has 0 aliphatic heterocycles. The lowest BCUT2D eigenvalue weighted by atomic mass is 10.2. The van der Waals surface area contributed by atoms with Gasteiger partial charge in [-0.3, -0.25) is 0 Å². The number of aliphatic hydroxyl groups is 5. The Hall–Kier alpha value is -2.42. The standard InChI is InChI=1S/C12H26N2O3.C11H24N2O2.C10H22N2O2.C7H15NO3/c1-4-6-14(8-9-15,10-12(16)17)7-5-13-11(2)3;1-10(2)12-5-6-13(4,7-8-14)9-11(3)15;1-9(2)11-4-5-12(6-7-13)8-10(3)14;1-6(2)11-4-3-8-5-7(9)10/h11,13,15H,4-10H2,1-3H3;10,12,14H,3,5-9H2,1-2,4H3;9,11,13-14H,3-8H2,1-2H3;6,8H,3-5H2,1-2H3,(H,9,10)/p+4. The number of nitrogens with two attached hydrogens (primary N) is 1. The van der Waals surface area contributed by atoms with Crippen molar-refractivity contribution in [1.82, 2.24) is 16.0 Å². The number of hydrogen-bond acceptors (Lipinski definition) is 11. The van der Waals surface area contributed by atoms with Crippen LogP contribution in [0.5, 0.6) is 0 Å². The fraction of sp³-hybridized carbons (Fsp3) is 0.850. The molecule has 0 rings (SSSR count). The van der Waals surface area contributed by atoms with Crippen LogP contribution < -0.4 is 26.2 Å². The van der Waals surface area contributed by atoms with Gasteiger partial charge in [0.15, 0.2) is 13.1 Å². The average Bonchev–Trinajstić information content (AvgIpc) is 3.04. The second-order valence-corrected chi connectivity index (χ2v) is 15.9. The number of nitrogens with zero attached hydrogens (tertiary/aromatic N) is 2. The molecule has 17 heteroatoms. The SMILES string of the molecule is C=C(O)C[N+](C)(CCO)CCNC(C)C.C=C(O)C[NH+](CCO)CCNC(C)C.CC(C)OCC[NH2+]CC(=O)O.CCC[N+](CCO)(CCNC(C)C)CC(=O)O. The number of quaternary nitrogens is 4. The van der Waals surface area contributed by atoms with Gasteiger partial charge in [-0.15, -0.1) is 0 Å². The molecule has 0 aliphatic carbocycles. The summed E-state index contributed by atoms with van der Waals surface area (Å²) in [5.74, 6) is -1.22. The lowest BCUT2D eigenvalue weighted by Crippen LogP contribution is -3.13. The van der Waals surface area contributed by atoms with E-state index in [2.05, 4.69) is 70.7 Å². The Morgan fingerprint density at radius 1 is 0.684 bits per heavy atom. The molecule has 3 atom stereocenters. The lowest BCUT2D eigenvalue weighted by molar-refractivity contribution is -0.920. The molecule has 0 radical (unpaired) electrons. The van der Waals surface area contributed by atoms with E-state index in [-0.39, 0.29) is 50.5 Å². The normalized spacial score (nSPS) is 13.7. The first-order valence-electron chi connectivity index (χ1n) is 20.7. The van der Waals surface area contributed by atoms with Gasteiger partial charge in [0.05, 0.1) is 72.3 Å². The molecule has 0 aromatic carbocycles. The summed E-state index contributed by atoms with van der Waals surface area (Å²) < 4.78 is 6.28. The molecule has 0 saturated carbocycles. The van der Waals surface area contributed by atoms with Crippen molar-refractivity contribution in [2.24, 2.45) is 0 Å². The summed E-state index contributed by atoms with van der Waals surface area (Å²) in [4.78, 5) is 22.1. The molecule has 0 saturated heterocycles. The molecule has 0 amide bonds. The molecule has 17 nitrogen and oxygen atoms in total. The number of hydrogen-bond donors (Lipinski definition) is 12. The number of carboxylic acids is 2. The molecule has 0 fully saturated rings. The first-order chi connectivity index (χ1) is 26.5. The Kier molecular flexibility index (Phi) is 42.0. The van der Waals surface area contributed by atoms with Crippen molar-refractivity contribution < 1.29 is 69.3 Å². The monoisotopic (exact) mass is 830 g/mol. The molecule has 57 heavy (non-hydrogen) atoms. The minimum atomic E-state index is -0.795. The Morgan fingerprint density at radius 3 is 1.61 bits per heavy atom. The predicted molar refractivity (Wildman–Crippen MR) is 229 cm³/mol. The number of rotatable bonds is 32. The highest BCUT2D eigenvalue weighted by Crippen LogP contribution is 2.08. The summed E-state index contributed by atoms with van der Waals surface area (Å²) in [7, 11) is 2.01. The maximum Gasteiger partial charge on any atom is 0.359 e. The highest BCUT2D eigenvalue weighted by molar-refractivity contribution is 5.68. The first-order valence-corrected chi connectivity index (χ1v) is 20.7. The van der Waals surface area contributed by atoms with E-state index in [4.69, 9.17) is 35.4 Å². The third-order valence-corrected chi connectivity index (χ3v) is 8.33. The number of carboxylic acid groups (broad SMARTS) is 2. The van der Waals surface area contributed by atoms with Crippen molar-refractivity contribution in [3.8, 4) is 0 Å². The summed E-state index contributed by atoms with van der Waals surface area (Å²) in [6.07, 6.45) is 1.16. The van der Waals surface area contributed by atoms with Gasteiger partial charge in [0.1, 0.15) is 44.2 Å². The fourth-order valence-corrected chi connectivity index (χ4v) is 5.61. The molecular formula is C40H91N7O10+4. The largest absolute Gasteiger partial charge is 0.507 e. The molecule has 3 unspecified atom stereocenters. The molecule has 0 aliphatic rings. The van der Waals surface area contributed by atoms with Crippen molar-refractivity contribution in [3.63, 3.8) is 0 Å². The maximum atomic E-state index is 10.9. The number of aliphatic hydroxyl groups excluding tert-OH is 5. The summed E-state index contributed by atoms with van der Waals surface area (Å²) in [5.41, 5.74) is 0. The van der Waals surface area contributed by atoms with Gasteiger partial charge in [-0.1, -0.05) is 61.6 Å². The van der Waals surface area contributed by atoms with Gasteiger partial charge < -0.3 is 75.6 Å². The van der Waals surface area contributed by atoms with Crippen LogP contribution in [0.4, 0.5) is 0 Å². The molecule has 13 N–H and O–H groups in total. The van der Waals surface area contributed by atoms with E-state index in [1.165, 1.54) is 0 Å². The Balaban J connectivity index is -0.000000332. The van der Waals surface area contributed by atoms with E-state index in [0.29, 0.717) is 73.0 Å². The highest BCUT2D eigenvalue weighted by Gasteiger charge is 2.29. The molecule has 0 heterocycles. The van der Waals surface area contributed by atoms with Crippen LogP contribution in [0.2, 0.25) is 0 Å². The van der Waals surface area contributed by atoms with Gasteiger partial charge in [0.2, 0.25) is 0 Å². The van der Waals surface area contributed by atoms with Gasteiger partial charge >= 0.3 is 11.9 Å². The lowest BCUT2D eigenvalue weighted by Gasteiger charge is -2.37. The van der Waals surface area contributed by atoms with E-state index < -0.39 is 11.9 Å². The van der Waals surface area contributed by atoms with Crippen LogP contribution in [0, 0.1) is 0 Å². The molecule has 0 spiro atoms. The Morgan fingerprint density at radius 2 is 1.21 bits per heavy atom. The first kappa shape index (κ1) is 61.2. The number of likely N-dealkylation sites (N-methyl/N-ethyl adjacent to an activating group) is 1. The summed E-state index contributed by atoms with van der Waals surface area (Å²) in [5, 5.41) is 74.0. The van der Waals surface area contributed by atoms with Crippen molar-refractivity contribution in [2.75, 3.05) is 132 Å². The molecule has 0 bridgehead atoms. The van der Waals surface area contributed by atoms with Crippen molar-refractivity contribution >= 4 is 11.9 Å². The highest BCUT2D eigenvalue weighted by atomic mass is 16.5. The molecule has 342 valence electrons. The van der Waals surface area contributed by atoms with Crippen molar-refractivity contribution in [1.29, 1.82) is 0 Å². The summed E-state index contributed by atoms with van der Waals surface area (Å²) in [6, 6.07) is 1.34. The van der Waals surface area contributed by atoms with Crippen LogP contribution in [0.15, 0.2) is 24.7 Å². The third-order valence-electron chi connectivity index (χ3n) is 8.33. The second-order valence-electron chi connectivity index (χ2n) is 15.9. The van der Waals surface area contributed by atoms with Gasteiger partial charge in [-0.2, -0.15) is 0 Å². The van der Waals surface area contributed by atoms with Crippen LogP contribution in [-0.4, -0.2) is 213 Å². The molecule has 0 aromatic heterocycles. The Bertz CT molecular complexity index is 984. The van der Waals surface area contributed by atoms with E-state index in [0.717, 1.165) is 57.1 Å². The van der Waals surface area contributed by atoms with Crippen LogP contribution >= 0.6 is 0 Å². The zero-order valence-corrected chi connectivity index (χ0v) is 37.7. The van der Waals surface area contributed by atoms with E-state index in [9.17, 15) is 14.7 Å². The number of nitrogens with one attached hydrogen (secondary N) is 4. The van der Waals surface area contributed by atoms with E-state index in [1.54, 1.807) is 5.32 Å². The smallest absolute Gasteiger partial charge is 0.359 e. The maximum absolute atomic E-state index is 10.9. The van der Waals surface area contributed by atoms with E-state index in [1.807, 2.05) is 27.8 Å². The summed E-state index contributed by atoms with van der Waals surface area (Å²) >= 11 is 0. The fourth-order valence-electron chi connectivity index (χ4n) is 5.61. The number of carbonyl (C=O) groups is 2. The minimum absolute atomic E-state index is 0.0367. The second kappa shape index (κ2) is 39.1. The zero-order valence-electron chi connectivity index (χ0n) is 37.7.